The van der Waals surface area contributed by atoms with Gasteiger partial charge >= 0.3 is 0 Å². The molecule has 11 heteroatoms. The number of benzene rings is 2. The maximum atomic E-state index is 13.0. The third-order valence-corrected chi connectivity index (χ3v) is 7.46. The molecule has 10 nitrogen and oxygen atoms in total. The maximum absolute atomic E-state index is 13.0. The fourth-order valence-electron chi connectivity index (χ4n) is 3.71. The fraction of sp³-hybridized carbons (Fsp3) is 0.333. The van der Waals surface area contributed by atoms with Gasteiger partial charge in [-0.05, 0) is 48.6 Å². The van der Waals surface area contributed by atoms with Crippen molar-refractivity contribution in [1.29, 1.82) is 0 Å². The van der Waals surface area contributed by atoms with Gasteiger partial charge < -0.3 is 5.32 Å². The lowest BCUT2D eigenvalue weighted by Crippen LogP contribution is -2.37. The van der Waals surface area contributed by atoms with E-state index in [4.69, 9.17) is 0 Å². The second kappa shape index (κ2) is 9.05. The summed E-state index contributed by atoms with van der Waals surface area (Å²) in [5.74, 6) is 0.475. The van der Waals surface area contributed by atoms with Gasteiger partial charge in [0.15, 0.2) is 0 Å². The molecule has 1 aliphatic rings. The molecule has 3 aromatic rings. The first kappa shape index (κ1) is 21.9. The van der Waals surface area contributed by atoms with Gasteiger partial charge in [-0.3, -0.25) is 10.1 Å². The number of hydrogen-bond donors (Lipinski definition) is 1. The van der Waals surface area contributed by atoms with Crippen LogP contribution in [0.4, 0.5) is 17.1 Å². The summed E-state index contributed by atoms with van der Waals surface area (Å²) in [6, 6.07) is 11.4. The molecule has 0 radical (unpaired) electrons. The second-order valence-electron chi connectivity index (χ2n) is 7.94. The van der Waals surface area contributed by atoms with Crippen molar-refractivity contribution >= 4 is 27.1 Å². The summed E-state index contributed by atoms with van der Waals surface area (Å²) in [7, 11) is -3.78. The number of anilines is 2. The summed E-state index contributed by atoms with van der Waals surface area (Å²) in [6.07, 6.45) is 4.62. The highest BCUT2D eigenvalue weighted by molar-refractivity contribution is 7.89. The molecular formula is C21H24N6O4S. The number of nitro groups is 1. The van der Waals surface area contributed by atoms with Gasteiger partial charge in [-0.25, -0.2) is 18.1 Å². The standard InChI is InChI=1S/C21H24N6O4S/c1-16-7-9-26(10-8-16)32(30,31)19-5-6-20(21(12-19)27(28)29)24-18-4-2-3-17(11-18)13-25-15-22-14-23-25/h2-6,11-12,14-16,24H,7-10,13H2,1H3. The van der Waals surface area contributed by atoms with Gasteiger partial charge in [0.25, 0.3) is 5.69 Å². The number of nitrogens with one attached hydrogen (secondary N) is 1. The molecule has 0 atom stereocenters. The normalized spacial score (nSPS) is 15.5. The Hall–Kier alpha value is -3.31. The molecule has 0 amide bonds. The van der Waals surface area contributed by atoms with Gasteiger partial charge in [0.05, 0.1) is 16.4 Å². The van der Waals surface area contributed by atoms with Crippen molar-refractivity contribution in [1.82, 2.24) is 19.1 Å². The van der Waals surface area contributed by atoms with Crippen LogP contribution in [-0.4, -0.2) is 45.5 Å². The van der Waals surface area contributed by atoms with E-state index in [0.29, 0.717) is 31.2 Å². The Bertz CT molecular complexity index is 1200. The number of hydrogen-bond acceptors (Lipinski definition) is 7. The summed E-state index contributed by atoms with van der Waals surface area (Å²) in [5.41, 5.74) is 1.50. The van der Waals surface area contributed by atoms with Crippen LogP contribution < -0.4 is 5.32 Å². The lowest BCUT2D eigenvalue weighted by Gasteiger charge is -2.29. The first-order valence-electron chi connectivity index (χ1n) is 10.3. The molecule has 168 valence electrons. The quantitative estimate of drug-likeness (QED) is 0.427. The zero-order valence-corrected chi connectivity index (χ0v) is 18.4. The largest absolute Gasteiger partial charge is 0.350 e. The lowest BCUT2D eigenvalue weighted by atomic mass is 10.0. The van der Waals surface area contributed by atoms with Gasteiger partial charge in [0.2, 0.25) is 10.0 Å². The van der Waals surface area contributed by atoms with E-state index in [9.17, 15) is 18.5 Å². The summed E-state index contributed by atoms with van der Waals surface area (Å²) >= 11 is 0. The van der Waals surface area contributed by atoms with Gasteiger partial charge in [0, 0.05) is 24.8 Å². The van der Waals surface area contributed by atoms with Crippen LogP contribution in [-0.2, 0) is 16.6 Å². The van der Waals surface area contributed by atoms with E-state index in [1.807, 2.05) is 18.2 Å². The molecule has 0 saturated carbocycles. The van der Waals surface area contributed by atoms with E-state index in [-0.39, 0.29) is 16.3 Å². The number of aromatic nitrogens is 3. The predicted octanol–water partition coefficient (Wildman–Crippen LogP) is 3.40. The highest BCUT2D eigenvalue weighted by atomic mass is 32.2. The molecule has 2 aromatic carbocycles. The highest BCUT2D eigenvalue weighted by Crippen LogP contribution is 2.32. The maximum Gasteiger partial charge on any atom is 0.294 e. The summed E-state index contributed by atoms with van der Waals surface area (Å²) in [5, 5.41) is 18.8. The van der Waals surface area contributed by atoms with E-state index in [1.165, 1.54) is 22.8 Å². The summed E-state index contributed by atoms with van der Waals surface area (Å²) in [6.45, 7) is 3.45. The van der Waals surface area contributed by atoms with Crippen molar-refractivity contribution in [3.8, 4) is 0 Å². The van der Waals surface area contributed by atoms with E-state index >= 15 is 0 Å². The van der Waals surface area contributed by atoms with E-state index in [0.717, 1.165) is 24.5 Å². The monoisotopic (exact) mass is 456 g/mol. The third-order valence-electron chi connectivity index (χ3n) is 5.56. The minimum Gasteiger partial charge on any atom is -0.350 e. The minimum absolute atomic E-state index is 0.0655. The Morgan fingerprint density at radius 2 is 1.97 bits per heavy atom. The van der Waals surface area contributed by atoms with Crippen LogP contribution in [0.5, 0.6) is 0 Å². The van der Waals surface area contributed by atoms with Crippen LogP contribution >= 0.6 is 0 Å². The van der Waals surface area contributed by atoms with Crippen LogP contribution in [0.25, 0.3) is 0 Å². The minimum atomic E-state index is -3.78. The van der Waals surface area contributed by atoms with Crippen LogP contribution in [0.15, 0.2) is 60.0 Å². The molecule has 1 aliphatic heterocycles. The molecule has 1 fully saturated rings. The Morgan fingerprint density at radius 3 is 2.66 bits per heavy atom. The number of nitrogens with zero attached hydrogens (tertiary/aromatic N) is 5. The van der Waals surface area contributed by atoms with Crippen molar-refractivity contribution in [3.63, 3.8) is 0 Å². The molecule has 1 saturated heterocycles. The SMILES string of the molecule is CC1CCN(S(=O)(=O)c2ccc(Nc3cccc(Cn4cncn4)c3)c([N+](=O)[O-])c2)CC1. The van der Waals surface area contributed by atoms with E-state index in [2.05, 4.69) is 22.3 Å². The first-order chi connectivity index (χ1) is 15.3. The fourth-order valence-corrected chi connectivity index (χ4v) is 5.20. The first-order valence-corrected chi connectivity index (χ1v) is 11.7. The van der Waals surface area contributed by atoms with Gasteiger partial charge in [-0.1, -0.05) is 19.1 Å². The second-order valence-corrected chi connectivity index (χ2v) is 9.88. The zero-order chi connectivity index (χ0) is 22.7. The molecule has 0 spiro atoms. The van der Waals surface area contributed by atoms with Crippen LogP contribution in [0.1, 0.15) is 25.3 Å². The van der Waals surface area contributed by atoms with E-state index in [1.54, 1.807) is 17.1 Å². The lowest BCUT2D eigenvalue weighted by molar-refractivity contribution is -0.384. The Labute approximate surface area is 186 Å². The molecule has 0 bridgehead atoms. The van der Waals surface area contributed by atoms with Crippen molar-refractivity contribution in [2.75, 3.05) is 18.4 Å². The Kier molecular flexibility index (Phi) is 6.19. The Morgan fingerprint density at radius 1 is 1.19 bits per heavy atom. The Balaban J connectivity index is 1.58. The van der Waals surface area contributed by atoms with Crippen LogP contribution in [0, 0.1) is 16.0 Å². The number of nitro benzene ring substituents is 1. The average Bonchev–Trinajstić information content (AvgIpc) is 3.27. The number of piperidine rings is 1. The molecule has 32 heavy (non-hydrogen) atoms. The van der Waals surface area contributed by atoms with Gasteiger partial charge in [-0.15, -0.1) is 0 Å². The molecule has 2 heterocycles. The van der Waals surface area contributed by atoms with Crippen molar-refractivity contribution in [2.45, 2.75) is 31.2 Å². The molecule has 1 N–H and O–H groups in total. The zero-order valence-electron chi connectivity index (χ0n) is 17.6. The third kappa shape index (κ3) is 4.78. The number of sulfonamides is 1. The molecule has 4 rings (SSSR count). The summed E-state index contributed by atoms with van der Waals surface area (Å²) in [4.78, 5) is 15.0. The smallest absolute Gasteiger partial charge is 0.294 e. The molecular weight excluding hydrogens is 432 g/mol. The highest BCUT2D eigenvalue weighted by Gasteiger charge is 2.30. The number of rotatable bonds is 7. The average molecular weight is 457 g/mol. The topological polar surface area (TPSA) is 123 Å². The van der Waals surface area contributed by atoms with Gasteiger partial charge in [-0.2, -0.15) is 9.40 Å². The molecule has 0 unspecified atom stereocenters. The predicted molar refractivity (Wildman–Crippen MR) is 119 cm³/mol. The van der Waals surface area contributed by atoms with Crippen LogP contribution in [0.2, 0.25) is 0 Å². The van der Waals surface area contributed by atoms with Crippen molar-refractivity contribution in [3.05, 3.63) is 70.8 Å². The van der Waals surface area contributed by atoms with Gasteiger partial charge in [0.1, 0.15) is 18.3 Å². The van der Waals surface area contributed by atoms with Crippen LogP contribution in [0.3, 0.4) is 0 Å². The molecule has 1 aromatic heterocycles. The van der Waals surface area contributed by atoms with E-state index < -0.39 is 14.9 Å². The van der Waals surface area contributed by atoms with Crippen molar-refractivity contribution < 1.29 is 13.3 Å². The van der Waals surface area contributed by atoms with Crippen molar-refractivity contribution in [2.24, 2.45) is 5.92 Å². The summed E-state index contributed by atoms with van der Waals surface area (Å²) < 4.78 is 29.1. The molecule has 0 aliphatic carbocycles.